The summed E-state index contributed by atoms with van der Waals surface area (Å²) in [6, 6.07) is 13.5. The van der Waals surface area contributed by atoms with Gasteiger partial charge in [0.05, 0.1) is 6.54 Å². The van der Waals surface area contributed by atoms with Crippen LogP contribution in [0.4, 0.5) is 0 Å². The fraction of sp³-hybridized carbons (Fsp3) is 0.312. The molecule has 0 spiro atoms. The molecule has 1 unspecified atom stereocenters. The van der Waals surface area contributed by atoms with Crippen molar-refractivity contribution in [2.24, 2.45) is 5.73 Å². The second-order valence-corrected chi connectivity index (χ2v) is 5.81. The summed E-state index contributed by atoms with van der Waals surface area (Å²) in [6.07, 6.45) is -0.361. The molecule has 0 aliphatic carbocycles. The van der Waals surface area contributed by atoms with Gasteiger partial charge in [-0.05, 0) is 17.0 Å². The molecule has 1 atom stereocenters. The fourth-order valence-electron chi connectivity index (χ4n) is 2.12. The van der Waals surface area contributed by atoms with Crippen LogP contribution in [0.25, 0.3) is 0 Å². The molecule has 0 saturated heterocycles. The molecule has 0 aliphatic rings. The number of hydrogen-bond donors (Lipinski definition) is 2. The maximum absolute atomic E-state index is 12.2. The smallest absolute Gasteiger partial charge is 0.224 e. The lowest BCUT2D eigenvalue weighted by Crippen LogP contribution is -2.35. The van der Waals surface area contributed by atoms with Crippen LogP contribution in [-0.2, 0) is 11.3 Å². The maximum Gasteiger partial charge on any atom is 0.224 e. The minimum absolute atomic E-state index is 0.0306. The molecule has 1 heterocycles. The summed E-state index contributed by atoms with van der Waals surface area (Å²) >= 11 is 1.49. The molecule has 0 saturated carbocycles. The molecule has 1 aromatic heterocycles. The number of thiophene rings is 1. The van der Waals surface area contributed by atoms with Gasteiger partial charge in [-0.1, -0.05) is 36.4 Å². The van der Waals surface area contributed by atoms with Crippen molar-refractivity contribution in [2.45, 2.75) is 19.1 Å². The summed E-state index contributed by atoms with van der Waals surface area (Å²) in [5.41, 5.74) is 6.52. The predicted molar refractivity (Wildman–Crippen MR) is 84.8 cm³/mol. The Kier molecular flexibility index (Phi) is 5.92. The number of rotatable bonds is 7. The molecule has 0 bridgehead atoms. The highest BCUT2D eigenvalue weighted by Gasteiger charge is 2.19. The zero-order valence-electron chi connectivity index (χ0n) is 11.8. The zero-order valence-corrected chi connectivity index (χ0v) is 12.6. The van der Waals surface area contributed by atoms with Crippen LogP contribution in [0.2, 0.25) is 0 Å². The van der Waals surface area contributed by atoms with Crippen LogP contribution in [0, 0.1) is 0 Å². The van der Waals surface area contributed by atoms with E-state index < -0.39 is 6.10 Å². The van der Waals surface area contributed by atoms with E-state index in [0.717, 1.165) is 10.4 Å². The van der Waals surface area contributed by atoms with Gasteiger partial charge in [-0.15, -0.1) is 11.3 Å². The minimum Gasteiger partial charge on any atom is -0.386 e. The second-order valence-electron chi connectivity index (χ2n) is 4.83. The van der Waals surface area contributed by atoms with Crippen molar-refractivity contribution in [2.75, 3.05) is 13.1 Å². The van der Waals surface area contributed by atoms with Crippen molar-refractivity contribution < 1.29 is 9.90 Å². The van der Waals surface area contributed by atoms with Crippen LogP contribution >= 0.6 is 11.3 Å². The maximum atomic E-state index is 12.2. The van der Waals surface area contributed by atoms with Crippen LogP contribution < -0.4 is 5.73 Å². The highest BCUT2D eigenvalue weighted by atomic mass is 32.1. The van der Waals surface area contributed by atoms with Crippen molar-refractivity contribution in [3.8, 4) is 0 Å². The lowest BCUT2D eigenvalue weighted by molar-refractivity contribution is -0.133. The third-order valence-electron chi connectivity index (χ3n) is 3.19. The number of amides is 1. The summed E-state index contributed by atoms with van der Waals surface area (Å²) < 4.78 is 0. The first kappa shape index (κ1) is 15.7. The van der Waals surface area contributed by atoms with Crippen LogP contribution in [0.1, 0.15) is 23.0 Å². The number of nitrogens with zero attached hydrogens (tertiary/aromatic N) is 1. The van der Waals surface area contributed by atoms with Crippen molar-refractivity contribution in [3.63, 3.8) is 0 Å². The number of benzene rings is 1. The topological polar surface area (TPSA) is 66.6 Å². The van der Waals surface area contributed by atoms with Crippen LogP contribution in [0.5, 0.6) is 0 Å². The molecule has 2 aromatic rings. The van der Waals surface area contributed by atoms with E-state index in [1.165, 1.54) is 11.3 Å². The normalized spacial score (nSPS) is 12.1. The molecule has 3 N–H and O–H groups in total. The van der Waals surface area contributed by atoms with E-state index in [0.29, 0.717) is 19.5 Å². The molecule has 0 radical (unpaired) electrons. The predicted octanol–water partition coefficient (Wildman–Crippen LogP) is 2.16. The van der Waals surface area contributed by atoms with Crippen molar-refractivity contribution >= 4 is 17.2 Å². The van der Waals surface area contributed by atoms with E-state index >= 15 is 0 Å². The Morgan fingerprint density at radius 2 is 2.00 bits per heavy atom. The van der Waals surface area contributed by atoms with Crippen LogP contribution in [0.3, 0.4) is 0 Å². The van der Waals surface area contributed by atoms with Gasteiger partial charge in [0.2, 0.25) is 5.91 Å². The Morgan fingerprint density at radius 1 is 1.24 bits per heavy atom. The molecule has 0 fully saturated rings. The van der Waals surface area contributed by atoms with Crippen molar-refractivity contribution in [3.05, 3.63) is 58.3 Å². The summed E-state index contributed by atoms with van der Waals surface area (Å²) in [5, 5.41) is 12.2. The van der Waals surface area contributed by atoms with Gasteiger partial charge in [0.25, 0.3) is 0 Å². The van der Waals surface area contributed by atoms with Gasteiger partial charge in [-0.3, -0.25) is 4.79 Å². The summed E-state index contributed by atoms with van der Waals surface area (Å²) in [7, 11) is 0. The molecular formula is C16H20N2O2S. The average molecular weight is 304 g/mol. The molecule has 21 heavy (non-hydrogen) atoms. The summed E-state index contributed by atoms with van der Waals surface area (Å²) in [6.45, 7) is 1.09. The van der Waals surface area contributed by atoms with Gasteiger partial charge in [0, 0.05) is 24.4 Å². The van der Waals surface area contributed by atoms with E-state index in [9.17, 15) is 9.90 Å². The number of aliphatic hydroxyl groups is 1. The van der Waals surface area contributed by atoms with Crippen molar-refractivity contribution in [1.29, 1.82) is 0 Å². The van der Waals surface area contributed by atoms with Crippen molar-refractivity contribution in [1.82, 2.24) is 4.90 Å². The Labute approximate surface area is 128 Å². The number of carbonyl (C=O) groups is 1. The quantitative estimate of drug-likeness (QED) is 0.824. The molecule has 1 amide bonds. The third-order valence-corrected chi connectivity index (χ3v) is 4.17. The second kappa shape index (κ2) is 7.93. The summed E-state index contributed by atoms with van der Waals surface area (Å²) in [4.78, 5) is 14.7. The molecular weight excluding hydrogens is 284 g/mol. The van der Waals surface area contributed by atoms with Gasteiger partial charge in [0.1, 0.15) is 6.10 Å². The van der Waals surface area contributed by atoms with Gasteiger partial charge >= 0.3 is 0 Å². The van der Waals surface area contributed by atoms with Crippen LogP contribution in [-0.4, -0.2) is 29.0 Å². The van der Waals surface area contributed by atoms with Gasteiger partial charge < -0.3 is 15.7 Å². The standard InChI is InChI=1S/C16H20N2O2S/c17-9-8-16(20)18(11-13-5-2-1-3-6-13)12-14(19)15-7-4-10-21-15/h1-7,10,14,19H,8-9,11-12,17H2. The largest absolute Gasteiger partial charge is 0.386 e. The molecule has 4 nitrogen and oxygen atoms in total. The highest BCUT2D eigenvalue weighted by Crippen LogP contribution is 2.21. The zero-order chi connectivity index (χ0) is 15.1. The Hall–Kier alpha value is -1.69. The molecule has 1 aromatic carbocycles. The lowest BCUT2D eigenvalue weighted by atomic mass is 10.2. The first-order chi connectivity index (χ1) is 10.2. The number of carbonyl (C=O) groups excluding carboxylic acids is 1. The Bertz CT molecular complexity index is 543. The lowest BCUT2D eigenvalue weighted by Gasteiger charge is -2.25. The SMILES string of the molecule is NCCC(=O)N(Cc1ccccc1)CC(O)c1cccs1. The third kappa shape index (κ3) is 4.67. The monoisotopic (exact) mass is 304 g/mol. The summed E-state index contributed by atoms with van der Waals surface area (Å²) in [5.74, 6) is -0.0306. The molecule has 2 rings (SSSR count). The van der Waals surface area contributed by atoms with E-state index in [1.54, 1.807) is 4.90 Å². The van der Waals surface area contributed by atoms with Crippen LogP contribution in [0.15, 0.2) is 47.8 Å². The van der Waals surface area contributed by atoms with E-state index in [4.69, 9.17) is 5.73 Å². The Morgan fingerprint density at radius 3 is 2.62 bits per heavy atom. The number of aliphatic hydroxyl groups excluding tert-OH is 1. The molecule has 112 valence electrons. The van der Waals surface area contributed by atoms with E-state index in [1.807, 2.05) is 47.8 Å². The first-order valence-corrected chi connectivity index (χ1v) is 7.82. The number of nitrogens with two attached hydrogens (primary N) is 1. The minimum atomic E-state index is -0.657. The van der Waals surface area contributed by atoms with Gasteiger partial charge in [0.15, 0.2) is 0 Å². The van der Waals surface area contributed by atoms with E-state index in [-0.39, 0.29) is 12.5 Å². The first-order valence-electron chi connectivity index (χ1n) is 6.94. The Balaban J connectivity index is 2.06. The molecule has 0 aliphatic heterocycles. The average Bonchev–Trinajstić information content (AvgIpc) is 3.02. The fourth-order valence-corrected chi connectivity index (χ4v) is 2.82. The van der Waals surface area contributed by atoms with Gasteiger partial charge in [-0.25, -0.2) is 0 Å². The van der Waals surface area contributed by atoms with Gasteiger partial charge in [-0.2, -0.15) is 0 Å². The molecule has 5 heteroatoms. The highest BCUT2D eigenvalue weighted by molar-refractivity contribution is 7.10. The van der Waals surface area contributed by atoms with E-state index in [2.05, 4.69) is 0 Å². The number of hydrogen-bond acceptors (Lipinski definition) is 4.